The number of nitrogens with zero attached hydrogens (tertiary/aromatic N) is 1. The molecule has 2 N–H and O–H groups in total. The van der Waals surface area contributed by atoms with Crippen LogP contribution in [0.4, 0.5) is 14.5 Å². The monoisotopic (exact) mass is 285 g/mol. The zero-order valence-electron chi connectivity index (χ0n) is 10.1. The molecule has 1 aromatic heterocycles. The largest absolute Gasteiger partial charge is 0.319 e. The Kier molecular flexibility index (Phi) is 3.53. The topological polar surface area (TPSA) is 57.8 Å². The number of anilines is 1. The van der Waals surface area contributed by atoms with Gasteiger partial charge in [0.25, 0.3) is 5.91 Å². The van der Waals surface area contributed by atoms with Crippen LogP contribution in [0.25, 0.3) is 0 Å². The highest BCUT2D eigenvalue weighted by atomic mass is 35.5. The van der Waals surface area contributed by atoms with Gasteiger partial charge in [0.1, 0.15) is 0 Å². The quantitative estimate of drug-likeness (QED) is 0.833. The first-order chi connectivity index (χ1) is 8.90. The summed E-state index contributed by atoms with van der Waals surface area (Å²) in [7, 11) is 0. The highest BCUT2D eigenvalue weighted by Gasteiger charge is 2.17. The van der Waals surface area contributed by atoms with Crippen molar-refractivity contribution in [2.75, 3.05) is 5.32 Å². The number of rotatable bonds is 2. The summed E-state index contributed by atoms with van der Waals surface area (Å²) in [6.07, 6.45) is 0. The van der Waals surface area contributed by atoms with E-state index in [4.69, 9.17) is 11.6 Å². The summed E-state index contributed by atoms with van der Waals surface area (Å²) in [5.74, 6) is -2.86. The van der Waals surface area contributed by atoms with Gasteiger partial charge in [0.2, 0.25) is 0 Å². The molecule has 1 heterocycles. The molecule has 2 rings (SSSR count). The minimum absolute atomic E-state index is 0.138. The third kappa shape index (κ3) is 2.58. The number of amides is 1. The Morgan fingerprint density at radius 3 is 2.53 bits per heavy atom. The van der Waals surface area contributed by atoms with E-state index in [-0.39, 0.29) is 10.6 Å². The van der Waals surface area contributed by atoms with E-state index < -0.39 is 17.5 Å². The van der Waals surface area contributed by atoms with Crippen LogP contribution in [0.3, 0.4) is 0 Å². The molecule has 0 aliphatic carbocycles. The standard InChI is InChI=1S/C12H10ClF2N3O/c1-5-11(6(2)18-17-5)16-12(19)7-3-9(14)10(15)4-8(7)13/h3-4H,1-2H3,(H,16,19)(H,17,18). The molecule has 19 heavy (non-hydrogen) atoms. The summed E-state index contributed by atoms with van der Waals surface area (Å²) >= 11 is 5.73. The highest BCUT2D eigenvalue weighted by Crippen LogP contribution is 2.23. The molecule has 2 aromatic rings. The van der Waals surface area contributed by atoms with Crippen molar-refractivity contribution in [2.45, 2.75) is 13.8 Å². The first-order valence-corrected chi connectivity index (χ1v) is 5.75. The fraction of sp³-hybridized carbons (Fsp3) is 0.167. The molecule has 0 unspecified atom stereocenters. The van der Waals surface area contributed by atoms with Gasteiger partial charge >= 0.3 is 0 Å². The van der Waals surface area contributed by atoms with Crippen molar-refractivity contribution in [3.63, 3.8) is 0 Å². The van der Waals surface area contributed by atoms with Crippen LogP contribution < -0.4 is 5.32 Å². The average Bonchev–Trinajstić information content (AvgIpc) is 2.65. The molecule has 0 saturated carbocycles. The van der Waals surface area contributed by atoms with Crippen LogP contribution in [-0.2, 0) is 0 Å². The van der Waals surface area contributed by atoms with Crippen LogP contribution in [-0.4, -0.2) is 16.1 Å². The molecule has 0 saturated heterocycles. The number of nitrogens with one attached hydrogen (secondary N) is 2. The van der Waals surface area contributed by atoms with Crippen LogP contribution in [0.5, 0.6) is 0 Å². The molecular formula is C12H10ClF2N3O. The number of halogens is 3. The Bertz CT molecular complexity index is 635. The summed E-state index contributed by atoms with van der Waals surface area (Å²) in [5, 5.41) is 9.01. The van der Waals surface area contributed by atoms with Gasteiger partial charge in [-0.05, 0) is 26.0 Å². The van der Waals surface area contributed by atoms with Crippen LogP contribution in [0.2, 0.25) is 5.02 Å². The number of carbonyl (C=O) groups is 1. The zero-order valence-corrected chi connectivity index (χ0v) is 10.9. The third-order valence-corrected chi connectivity index (χ3v) is 2.93. The molecule has 4 nitrogen and oxygen atoms in total. The van der Waals surface area contributed by atoms with Crippen LogP contribution in [0.15, 0.2) is 12.1 Å². The third-order valence-electron chi connectivity index (χ3n) is 2.62. The average molecular weight is 286 g/mol. The second-order valence-electron chi connectivity index (χ2n) is 4.01. The molecule has 0 aliphatic rings. The van der Waals surface area contributed by atoms with Gasteiger partial charge in [-0.2, -0.15) is 5.10 Å². The SMILES string of the molecule is Cc1n[nH]c(C)c1NC(=O)c1cc(F)c(F)cc1Cl. The normalized spacial score (nSPS) is 10.6. The van der Waals surface area contributed by atoms with Gasteiger partial charge in [0.15, 0.2) is 11.6 Å². The number of carbonyl (C=O) groups excluding carboxylic acids is 1. The van der Waals surface area contributed by atoms with E-state index in [1.807, 2.05) is 0 Å². The first-order valence-electron chi connectivity index (χ1n) is 5.37. The number of hydrogen-bond donors (Lipinski definition) is 2. The van der Waals surface area contributed by atoms with Crippen molar-refractivity contribution in [3.8, 4) is 0 Å². The predicted molar refractivity (Wildman–Crippen MR) is 67.4 cm³/mol. The van der Waals surface area contributed by atoms with E-state index in [1.54, 1.807) is 13.8 Å². The maximum Gasteiger partial charge on any atom is 0.257 e. The summed E-state index contributed by atoms with van der Waals surface area (Å²) in [6, 6.07) is 1.53. The second-order valence-corrected chi connectivity index (χ2v) is 4.42. The Morgan fingerprint density at radius 2 is 1.95 bits per heavy atom. The highest BCUT2D eigenvalue weighted by molar-refractivity contribution is 6.34. The minimum atomic E-state index is -1.13. The smallest absolute Gasteiger partial charge is 0.257 e. The van der Waals surface area contributed by atoms with Crippen molar-refractivity contribution >= 4 is 23.2 Å². The van der Waals surface area contributed by atoms with E-state index in [0.717, 1.165) is 12.1 Å². The van der Waals surface area contributed by atoms with Gasteiger partial charge in [0, 0.05) is 0 Å². The van der Waals surface area contributed by atoms with Crippen molar-refractivity contribution < 1.29 is 13.6 Å². The van der Waals surface area contributed by atoms with E-state index in [2.05, 4.69) is 15.5 Å². The summed E-state index contributed by atoms with van der Waals surface area (Å²) in [5.41, 5.74) is 1.60. The Balaban J connectivity index is 2.33. The number of aryl methyl sites for hydroxylation is 2. The van der Waals surface area contributed by atoms with Crippen molar-refractivity contribution in [1.82, 2.24) is 10.2 Å². The van der Waals surface area contributed by atoms with Crippen LogP contribution in [0.1, 0.15) is 21.7 Å². The number of hydrogen-bond acceptors (Lipinski definition) is 2. The summed E-state index contributed by atoms with van der Waals surface area (Å²) in [4.78, 5) is 12.0. The number of aromatic amines is 1. The second kappa shape index (κ2) is 4.97. The number of aromatic nitrogens is 2. The Labute approximate surface area is 112 Å². The minimum Gasteiger partial charge on any atom is -0.319 e. The van der Waals surface area contributed by atoms with E-state index in [0.29, 0.717) is 17.1 Å². The van der Waals surface area contributed by atoms with Gasteiger partial charge in [0.05, 0.1) is 27.7 Å². The van der Waals surface area contributed by atoms with Gasteiger partial charge in [-0.1, -0.05) is 11.6 Å². The number of H-pyrrole nitrogens is 1. The van der Waals surface area contributed by atoms with Crippen LogP contribution >= 0.6 is 11.6 Å². The Morgan fingerprint density at radius 1 is 1.32 bits per heavy atom. The molecule has 0 radical (unpaired) electrons. The fourth-order valence-corrected chi connectivity index (χ4v) is 1.85. The summed E-state index contributed by atoms with van der Waals surface area (Å²) < 4.78 is 26.0. The van der Waals surface area contributed by atoms with E-state index in [9.17, 15) is 13.6 Å². The molecular weight excluding hydrogens is 276 g/mol. The maximum atomic E-state index is 13.1. The molecule has 0 spiro atoms. The lowest BCUT2D eigenvalue weighted by molar-refractivity contribution is 0.102. The van der Waals surface area contributed by atoms with Crippen molar-refractivity contribution in [2.24, 2.45) is 0 Å². The predicted octanol–water partition coefficient (Wildman–Crippen LogP) is 3.21. The fourth-order valence-electron chi connectivity index (χ4n) is 1.61. The van der Waals surface area contributed by atoms with E-state index in [1.165, 1.54) is 0 Å². The Hall–Kier alpha value is -1.95. The lowest BCUT2D eigenvalue weighted by Gasteiger charge is -2.07. The van der Waals surface area contributed by atoms with Crippen molar-refractivity contribution in [1.29, 1.82) is 0 Å². The number of benzene rings is 1. The summed E-state index contributed by atoms with van der Waals surface area (Å²) in [6.45, 7) is 3.43. The van der Waals surface area contributed by atoms with Crippen LogP contribution in [0, 0.1) is 25.5 Å². The zero-order chi connectivity index (χ0) is 14.2. The molecule has 0 fully saturated rings. The van der Waals surface area contributed by atoms with Gasteiger partial charge < -0.3 is 5.32 Å². The molecule has 0 aliphatic heterocycles. The molecule has 0 atom stereocenters. The molecule has 7 heteroatoms. The van der Waals surface area contributed by atoms with Crippen molar-refractivity contribution in [3.05, 3.63) is 45.7 Å². The lowest BCUT2D eigenvalue weighted by atomic mass is 10.2. The van der Waals surface area contributed by atoms with Gasteiger partial charge in [-0.25, -0.2) is 8.78 Å². The molecule has 1 amide bonds. The lowest BCUT2D eigenvalue weighted by Crippen LogP contribution is -2.14. The molecule has 0 bridgehead atoms. The molecule has 100 valence electrons. The van der Waals surface area contributed by atoms with E-state index >= 15 is 0 Å². The first kappa shape index (κ1) is 13.5. The van der Waals surface area contributed by atoms with Gasteiger partial charge in [-0.3, -0.25) is 9.89 Å². The molecule has 1 aromatic carbocycles. The maximum absolute atomic E-state index is 13.1. The van der Waals surface area contributed by atoms with Gasteiger partial charge in [-0.15, -0.1) is 0 Å².